The molecular weight excluding hydrogens is 413 g/mol. The molecule has 30 heavy (non-hydrogen) atoms. The van der Waals surface area contributed by atoms with E-state index in [1.54, 1.807) is 23.1 Å². The largest absolute Gasteiger partial charge is 0.488 e. The Morgan fingerprint density at radius 2 is 1.87 bits per heavy atom. The molecule has 4 atom stereocenters. The number of likely N-dealkylation sites (tertiary alicyclic amines) is 1. The number of aliphatic hydroxyl groups excluding tert-OH is 1. The molecule has 0 unspecified atom stereocenters. The summed E-state index contributed by atoms with van der Waals surface area (Å²) in [6.45, 7) is 1.18. The van der Waals surface area contributed by atoms with E-state index in [9.17, 15) is 14.3 Å². The molecule has 2 heterocycles. The van der Waals surface area contributed by atoms with E-state index in [0.717, 1.165) is 0 Å². The molecule has 0 radical (unpaired) electrons. The van der Waals surface area contributed by atoms with Gasteiger partial charge in [0.05, 0.1) is 11.7 Å². The lowest BCUT2D eigenvalue weighted by Crippen LogP contribution is -2.42. The van der Waals surface area contributed by atoms with E-state index in [1.165, 1.54) is 18.2 Å². The molecule has 1 saturated heterocycles. The van der Waals surface area contributed by atoms with E-state index in [2.05, 4.69) is 0 Å². The highest BCUT2D eigenvalue weighted by Gasteiger charge is 2.44. The maximum absolute atomic E-state index is 14.1. The van der Waals surface area contributed by atoms with E-state index in [1.807, 2.05) is 0 Å². The van der Waals surface area contributed by atoms with E-state index in [-0.39, 0.29) is 36.2 Å². The second-order valence-corrected chi connectivity index (χ2v) is 8.50. The lowest BCUT2D eigenvalue weighted by atomic mass is 9.78. The van der Waals surface area contributed by atoms with Gasteiger partial charge in [-0.25, -0.2) is 4.39 Å². The van der Waals surface area contributed by atoms with Crippen molar-refractivity contribution in [2.24, 2.45) is 11.8 Å². The Kier molecular flexibility index (Phi) is 4.95. The molecule has 2 aromatic rings. The number of halogens is 2. The van der Waals surface area contributed by atoms with Gasteiger partial charge in [-0.05, 0) is 55.0 Å². The summed E-state index contributed by atoms with van der Waals surface area (Å²) in [6, 6.07) is 9.32. The van der Waals surface area contributed by atoms with Crippen molar-refractivity contribution in [3.8, 4) is 17.2 Å². The number of rotatable bonds is 3. The molecule has 0 spiro atoms. The highest BCUT2D eigenvalue weighted by molar-refractivity contribution is 6.31. The van der Waals surface area contributed by atoms with Gasteiger partial charge < -0.3 is 24.2 Å². The fourth-order valence-electron chi connectivity index (χ4n) is 4.64. The summed E-state index contributed by atoms with van der Waals surface area (Å²) in [4.78, 5) is 14.5. The molecule has 1 amide bonds. The number of benzene rings is 2. The summed E-state index contributed by atoms with van der Waals surface area (Å²) in [6.07, 6.45) is 0.114. The highest BCUT2D eigenvalue weighted by Crippen LogP contribution is 2.40. The van der Waals surface area contributed by atoms with E-state index < -0.39 is 11.9 Å². The van der Waals surface area contributed by atoms with Gasteiger partial charge in [-0.2, -0.15) is 0 Å². The van der Waals surface area contributed by atoms with Crippen LogP contribution in [0.5, 0.6) is 17.2 Å². The Balaban J connectivity index is 1.27. The van der Waals surface area contributed by atoms with Gasteiger partial charge in [0.1, 0.15) is 17.7 Å². The number of nitrogens with zero attached hydrogens (tertiary/aromatic N) is 1. The molecule has 3 aliphatic rings. The number of carbonyl (C=O) groups is 1. The predicted octanol–water partition coefficient (Wildman–Crippen LogP) is 3.50. The second kappa shape index (κ2) is 7.63. The molecule has 1 N–H and O–H groups in total. The second-order valence-electron chi connectivity index (χ2n) is 8.06. The van der Waals surface area contributed by atoms with Crippen LogP contribution in [0.15, 0.2) is 36.4 Å². The minimum atomic E-state index is -0.644. The molecule has 1 saturated carbocycles. The lowest BCUT2D eigenvalue weighted by molar-refractivity contribution is -0.0232. The minimum Gasteiger partial charge on any atom is -0.488 e. The van der Waals surface area contributed by atoms with Gasteiger partial charge in [0.25, 0.3) is 5.91 Å². The highest BCUT2D eigenvalue weighted by atomic mass is 35.5. The van der Waals surface area contributed by atoms with Crippen LogP contribution >= 0.6 is 11.6 Å². The number of amides is 1. The van der Waals surface area contributed by atoms with Crippen LogP contribution in [-0.4, -0.2) is 48.0 Å². The average molecular weight is 434 g/mol. The molecular formula is C22H21ClFNO5. The molecule has 1 aliphatic carbocycles. The maximum Gasteiger partial charge on any atom is 0.256 e. The number of aliphatic hydroxyl groups is 1. The van der Waals surface area contributed by atoms with Crippen LogP contribution in [0.4, 0.5) is 4.39 Å². The monoisotopic (exact) mass is 433 g/mol. The standard InChI is InChI=1S/C22H21ClFNO5/c23-14-1-3-17(24)16(7-14)22(27)25-9-12-5-18(26)20(6-13(12)10-25)30-15-2-4-19-21(8-15)29-11-28-19/h1-4,7-8,12-13,18,20,26H,5-6,9-11H2/t12-,13+,18+,20+/m0/s1. The van der Waals surface area contributed by atoms with Crippen molar-refractivity contribution in [1.82, 2.24) is 4.90 Å². The topological polar surface area (TPSA) is 68.2 Å². The number of hydrogen-bond donors (Lipinski definition) is 1. The normalized spacial score (nSPS) is 27.1. The zero-order valence-corrected chi connectivity index (χ0v) is 16.8. The zero-order valence-electron chi connectivity index (χ0n) is 16.1. The summed E-state index contributed by atoms with van der Waals surface area (Å²) in [5.41, 5.74) is -0.0187. The molecule has 158 valence electrons. The van der Waals surface area contributed by atoms with Crippen LogP contribution in [-0.2, 0) is 0 Å². The number of ether oxygens (including phenoxy) is 3. The third-order valence-electron chi connectivity index (χ3n) is 6.16. The van der Waals surface area contributed by atoms with Crippen molar-refractivity contribution in [3.63, 3.8) is 0 Å². The molecule has 0 aromatic heterocycles. The van der Waals surface area contributed by atoms with Gasteiger partial charge in [0, 0.05) is 24.2 Å². The van der Waals surface area contributed by atoms with Crippen molar-refractivity contribution >= 4 is 17.5 Å². The first kappa shape index (κ1) is 19.5. The molecule has 5 rings (SSSR count). The number of fused-ring (bicyclic) bond motifs is 2. The Hall–Kier alpha value is -2.51. The molecule has 0 bridgehead atoms. The van der Waals surface area contributed by atoms with Gasteiger partial charge >= 0.3 is 0 Å². The Morgan fingerprint density at radius 3 is 2.70 bits per heavy atom. The molecule has 2 fully saturated rings. The molecule has 6 nitrogen and oxygen atoms in total. The van der Waals surface area contributed by atoms with E-state index in [0.29, 0.717) is 48.2 Å². The fourth-order valence-corrected chi connectivity index (χ4v) is 4.81. The Bertz CT molecular complexity index is 986. The predicted molar refractivity (Wildman–Crippen MR) is 107 cm³/mol. The first-order valence-electron chi connectivity index (χ1n) is 9.96. The van der Waals surface area contributed by atoms with Gasteiger partial charge in [0.15, 0.2) is 11.5 Å². The zero-order chi connectivity index (χ0) is 20.8. The van der Waals surface area contributed by atoms with Gasteiger partial charge in [-0.1, -0.05) is 11.6 Å². The number of hydrogen-bond acceptors (Lipinski definition) is 5. The van der Waals surface area contributed by atoms with Gasteiger partial charge in [0.2, 0.25) is 6.79 Å². The van der Waals surface area contributed by atoms with Crippen molar-refractivity contribution in [2.75, 3.05) is 19.9 Å². The van der Waals surface area contributed by atoms with Crippen LogP contribution in [0.1, 0.15) is 23.2 Å². The third kappa shape index (κ3) is 3.56. The van der Waals surface area contributed by atoms with E-state index in [4.69, 9.17) is 25.8 Å². The van der Waals surface area contributed by atoms with Crippen molar-refractivity contribution in [2.45, 2.75) is 25.0 Å². The average Bonchev–Trinajstić information content (AvgIpc) is 3.35. The van der Waals surface area contributed by atoms with Crippen molar-refractivity contribution in [1.29, 1.82) is 0 Å². The van der Waals surface area contributed by atoms with Gasteiger partial charge in [-0.15, -0.1) is 0 Å². The maximum atomic E-state index is 14.1. The number of carbonyl (C=O) groups excluding carboxylic acids is 1. The van der Waals surface area contributed by atoms with Gasteiger partial charge in [-0.3, -0.25) is 4.79 Å². The summed E-state index contributed by atoms with van der Waals surface area (Å²) in [7, 11) is 0. The smallest absolute Gasteiger partial charge is 0.256 e. The quantitative estimate of drug-likeness (QED) is 0.802. The fraction of sp³-hybridized carbons (Fsp3) is 0.409. The first-order chi connectivity index (χ1) is 14.5. The molecule has 8 heteroatoms. The van der Waals surface area contributed by atoms with Crippen LogP contribution < -0.4 is 14.2 Å². The minimum absolute atomic E-state index is 0.0187. The summed E-state index contributed by atoms with van der Waals surface area (Å²) >= 11 is 5.94. The van der Waals surface area contributed by atoms with Crippen molar-refractivity contribution in [3.05, 3.63) is 52.8 Å². The first-order valence-corrected chi connectivity index (χ1v) is 10.3. The van der Waals surface area contributed by atoms with E-state index >= 15 is 0 Å². The SMILES string of the molecule is O=C(c1cc(Cl)ccc1F)N1C[C@H]2C[C@@H](Oc3ccc4c(c3)OCO4)[C@H](O)C[C@H]2C1. The van der Waals surface area contributed by atoms with Crippen LogP contribution in [0, 0.1) is 17.7 Å². The Labute approximate surface area is 178 Å². The summed E-state index contributed by atoms with van der Waals surface area (Å²) in [5, 5.41) is 11.0. The lowest BCUT2D eigenvalue weighted by Gasteiger charge is -2.35. The summed E-state index contributed by atoms with van der Waals surface area (Å²) < 4.78 is 30.9. The van der Waals surface area contributed by atoms with Crippen LogP contribution in [0.3, 0.4) is 0 Å². The third-order valence-corrected chi connectivity index (χ3v) is 6.40. The van der Waals surface area contributed by atoms with Crippen molar-refractivity contribution < 1.29 is 28.5 Å². The summed E-state index contributed by atoms with van der Waals surface area (Å²) in [5.74, 6) is 1.28. The Morgan fingerprint density at radius 1 is 1.10 bits per heavy atom. The molecule has 2 aliphatic heterocycles. The van der Waals surface area contributed by atoms with Crippen LogP contribution in [0.2, 0.25) is 5.02 Å². The van der Waals surface area contributed by atoms with Crippen LogP contribution in [0.25, 0.3) is 0 Å². The molecule has 2 aromatic carbocycles.